The zero-order valence-corrected chi connectivity index (χ0v) is 21.4. The average molecular weight is 548 g/mol. The molecule has 0 spiro atoms. The van der Waals surface area contributed by atoms with Crippen molar-refractivity contribution in [1.29, 1.82) is 0 Å². The molecule has 33 heavy (non-hydrogen) atoms. The molecule has 0 aliphatic carbocycles. The third-order valence-corrected chi connectivity index (χ3v) is 3.86. The van der Waals surface area contributed by atoms with Crippen LogP contribution in [0.1, 0.15) is 57.8 Å². The van der Waals surface area contributed by atoms with Crippen LogP contribution in [0.3, 0.4) is 0 Å². The molecule has 0 rings (SSSR count). The predicted molar refractivity (Wildman–Crippen MR) is 137 cm³/mol. The van der Waals surface area contributed by atoms with Gasteiger partial charge in [-0.1, -0.05) is 19.3 Å². The fraction of sp³-hybridized carbons (Fsp3) is 0.833. The molecule has 0 aromatic heterocycles. The van der Waals surface area contributed by atoms with Gasteiger partial charge >= 0.3 is 17.9 Å². The summed E-state index contributed by atoms with van der Waals surface area (Å²) in [4.78, 5) is 30.4. The standard InChI is InChI=1S/3C6H14N2O2.3ClH/c3*7-4-2-1-3-5(8)6(9)10;;;/h3*5H,1-4,7-8H2,(H,9,10);3*1H/t3*5-;;;/m000.../s1. The summed E-state index contributed by atoms with van der Waals surface area (Å²) in [6, 6.07) is -2.15. The first kappa shape index (κ1) is 45.5. The van der Waals surface area contributed by atoms with Crippen LogP contribution in [-0.4, -0.2) is 71.0 Å². The molecular formula is C18H45Cl3N6O6. The summed E-state index contributed by atoms with van der Waals surface area (Å²) < 4.78 is 0. The molecule has 12 nitrogen and oxygen atoms in total. The molecule has 0 unspecified atom stereocenters. The Hall–Kier alpha value is -0.960. The summed E-state index contributed by atoms with van der Waals surface area (Å²) in [5.74, 6) is -2.80. The molecule has 15 N–H and O–H groups in total. The van der Waals surface area contributed by atoms with Crippen molar-refractivity contribution in [3.63, 3.8) is 0 Å². The number of carboxylic acids is 3. The van der Waals surface area contributed by atoms with E-state index in [1.165, 1.54) is 0 Å². The van der Waals surface area contributed by atoms with Gasteiger partial charge in [-0.2, -0.15) is 0 Å². The van der Waals surface area contributed by atoms with Gasteiger partial charge < -0.3 is 49.7 Å². The molecule has 0 radical (unpaired) electrons. The average Bonchev–Trinajstić information content (AvgIpc) is 2.69. The Balaban J connectivity index is -0.0000000792. The highest BCUT2D eigenvalue weighted by atomic mass is 35.5. The maximum absolute atomic E-state index is 10.1. The van der Waals surface area contributed by atoms with Crippen molar-refractivity contribution in [2.45, 2.75) is 75.9 Å². The van der Waals surface area contributed by atoms with Gasteiger partial charge in [0.25, 0.3) is 0 Å². The zero-order valence-electron chi connectivity index (χ0n) is 19.0. The van der Waals surface area contributed by atoms with Crippen molar-refractivity contribution in [2.75, 3.05) is 19.6 Å². The molecule has 0 fully saturated rings. The molecule has 3 atom stereocenters. The third kappa shape index (κ3) is 38.6. The maximum atomic E-state index is 10.1. The van der Waals surface area contributed by atoms with Gasteiger partial charge in [-0.05, 0) is 58.2 Å². The number of aliphatic carboxylic acids is 3. The van der Waals surface area contributed by atoms with Crippen molar-refractivity contribution < 1.29 is 29.7 Å². The van der Waals surface area contributed by atoms with E-state index in [-0.39, 0.29) is 37.2 Å². The lowest BCUT2D eigenvalue weighted by Gasteiger charge is -2.03. The van der Waals surface area contributed by atoms with Crippen LogP contribution >= 0.6 is 37.2 Å². The minimum Gasteiger partial charge on any atom is -0.480 e. The fourth-order valence-corrected chi connectivity index (χ4v) is 1.90. The highest BCUT2D eigenvalue weighted by Gasteiger charge is 2.10. The smallest absolute Gasteiger partial charge is 0.320 e. The van der Waals surface area contributed by atoms with Crippen molar-refractivity contribution >= 4 is 55.1 Å². The molecule has 0 bridgehead atoms. The van der Waals surface area contributed by atoms with Crippen LogP contribution in [0, 0.1) is 0 Å². The van der Waals surface area contributed by atoms with E-state index < -0.39 is 36.0 Å². The summed E-state index contributed by atoms with van der Waals surface area (Å²) in [7, 11) is 0. The van der Waals surface area contributed by atoms with Crippen LogP contribution in [-0.2, 0) is 14.4 Å². The summed E-state index contributed by atoms with van der Waals surface area (Å²) in [5, 5.41) is 25.0. The largest absolute Gasteiger partial charge is 0.480 e. The quantitative estimate of drug-likeness (QED) is 0.121. The summed E-state index contributed by atoms with van der Waals surface area (Å²) in [5.41, 5.74) is 31.3. The Morgan fingerprint density at radius 3 is 0.788 bits per heavy atom. The van der Waals surface area contributed by atoms with Gasteiger partial charge in [-0.3, -0.25) is 14.4 Å². The van der Waals surface area contributed by atoms with Crippen molar-refractivity contribution in [2.24, 2.45) is 34.4 Å². The second kappa shape index (κ2) is 33.2. The van der Waals surface area contributed by atoms with E-state index in [2.05, 4.69) is 0 Å². The molecule has 0 saturated heterocycles. The van der Waals surface area contributed by atoms with Gasteiger partial charge in [0.2, 0.25) is 0 Å². The molecule has 0 amide bonds. The number of unbranched alkanes of at least 4 members (excludes halogenated alkanes) is 3. The summed E-state index contributed by atoms with van der Waals surface area (Å²) in [6.45, 7) is 1.81. The Bertz CT molecular complexity index is 394. The SMILES string of the molecule is Cl.Cl.Cl.NCCCC[C@H](N)C(=O)O.NCCCC[C@H](N)C(=O)O.NCCCC[C@H](N)C(=O)O. The highest BCUT2D eigenvalue weighted by Crippen LogP contribution is 1.98. The molecule has 0 heterocycles. The lowest BCUT2D eigenvalue weighted by molar-refractivity contribution is -0.139. The number of carboxylic acid groups (broad SMARTS) is 3. The minimum absolute atomic E-state index is 0. The molecular weight excluding hydrogens is 503 g/mol. The summed E-state index contributed by atoms with van der Waals surface area (Å²) >= 11 is 0. The molecule has 204 valence electrons. The Kier molecular flexibility index (Phi) is 45.8. The van der Waals surface area contributed by atoms with Crippen LogP contribution in [0.5, 0.6) is 0 Å². The van der Waals surface area contributed by atoms with E-state index in [0.717, 1.165) is 38.5 Å². The molecule has 0 aliphatic rings. The fourth-order valence-electron chi connectivity index (χ4n) is 1.90. The van der Waals surface area contributed by atoms with Crippen molar-refractivity contribution in [1.82, 2.24) is 0 Å². The van der Waals surface area contributed by atoms with E-state index in [4.69, 9.17) is 49.7 Å². The van der Waals surface area contributed by atoms with Gasteiger partial charge in [-0.15, -0.1) is 37.2 Å². The number of hydrogen-bond donors (Lipinski definition) is 9. The van der Waals surface area contributed by atoms with Crippen LogP contribution in [0.2, 0.25) is 0 Å². The number of carbonyl (C=O) groups is 3. The Morgan fingerprint density at radius 1 is 0.485 bits per heavy atom. The van der Waals surface area contributed by atoms with E-state index >= 15 is 0 Å². The number of rotatable bonds is 15. The van der Waals surface area contributed by atoms with Gasteiger partial charge in [0.1, 0.15) is 18.1 Å². The Morgan fingerprint density at radius 2 is 0.667 bits per heavy atom. The maximum Gasteiger partial charge on any atom is 0.320 e. The second-order valence-electron chi connectivity index (χ2n) is 6.69. The Labute approximate surface area is 214 Å². The molecule has 15 heteroatoms. The normalized spacial score (nSPS) is 11.8. The van der Waals surface area contributed by atoms with Gasteiger partial charge in [0, 0.05) is 0 Å². The first-order chi connectivity index (χ1) is 14.0. The topological polar surface area (TPSA) is 268 Å². The number of halogens is 3. The lowest BCUT2D eigenvalue weighted by atomic mass is 10.1. The third-order valence-electron chi connectivity index (χ3n) is 3.86. The number of nitrogens with two attached hydrogens (primary N) is 6. The molecule has 0 saturated carbocycles. The van der Waals surface area contributed by atoms with E-state index in [1.54, 1.807) is 0 Å². The molecule has 0 aliphatic heterocycles. The van der Waals surface area contributed by atoms with E-state index in [9.17, 15) is 14.4 Å². The van der Waals surface area contributed by atoms with Gasteiger partial charge in [-0.25, -0.2) is 0 Å². The van der Waals surface area contributed by atoms with Gasteiger partial charge in [0.15, 0.2) is 0 Å². The summed E-state index contributed by atoms with van der Waals surface area (Å²) in [6.07, 6.45) is 6.49. The zero-order chi connectivity index (χ0) is 23.9. The molecule has 0 aromatic rings. The van der Waals surface area contributed by atoms with Crippen LogP contribution in [0.4, 0.5) is 0 Å². The first-order valence-corrected chi connectivity index (χ1v) is 10.1. The van der Waals surface area contributed by atoms with Crippen LogP contribution < -0.4 is 34.4 Å². The second-order valence-corrected chi connectivity index (χ2v) is 6.69. The van der Waals surface area contributed by atoms with Gasteiger partial charge in [0.05, 0.1) is 0 Å². The van der Waals surface area contributed by atoms with Crippen LogP contribution in [0.25, 0.3) is 0 Å². The minimum atomic E-state index is -0.933. The van der Waals surface area contributed by atoms with Crippen molar-refractivity contribution in [3.8, 4) is 0 Å². The van der Waals surface area contributed by atoms with E-state index in [1.807, 2.05) is 0 Å². The van der Waals surface area contributed by atoms with Crippen molar-refractivity contribution in [3.05, 3.63) is 0 Å². The lowest BCUT2D eigenvalue weighted by Crippen LogP contribution is -2.29. The van der Waals surface area contributed by atoms with E-state index in [0.29, 0.717) is 38.9 Å². The predicted octanol–water partition coefficient (Wildman–Crippen LogP) is -0.153. The molecule has 0 aromatic carbocycles. The highest BCUT2D eigenvalue weighted by molar-refractivity contribution is 5.86. The van der Waals surface area contributed by atoms with Crippen LogP contribution in [0.15, 0.2) is 0 Å². The monoisotopic (exact) mass is 546 g/mol. The number of hydrogen-bond acceptors (Lipinski definition) is 9. The first-order valence-electron chi connectivity index (χ1n) is 10.1.